The van der Waals surface area contributed by atoms with Crippen LogP contribution in [0.1, 0.15) is 5.56 Å². The molecule has 98 valence electrons. The van der Waals surface area contributed by atoms with Gasteiger partial charge in [0, 0.05) is 17.2 Å². The van der Waals surface area contributed by atoms with Crippen molar-refractivity contribution in [1.29, 1.82) is 0 Å². The van der Waals surface area contributed by atoms with Crippen LogP contribution in [0, 0.1) is 0 Å². The largest absolute Gasteiger partial charge is 0.454 e. The van der Waals surface area contributed by atoms with E-state index in [0.717, 1.165) is 31.8 Å². The Bertz CT molecular complexity index is 602. The first-order valence-corrected chi connectivity index (χ1v) is 7.24. The molecule has 0 radical (unpaired) electrons. The number of halogens is 2. The average Bonchev–Trinajstić information content (AvgIpc) is 2.87. The van der Waals surface area contributed by atoms with Crippen LogP contribution in [-0.2, 0) is 6.54 Å². The normalized spacial score (nSPS) is 12.5. The van der Waals surface area contributed by atoms with E-state index in [4.69, 9.17) is 9.47 Å². The Morgan fingerprint density at radius 2 is 2.11 bits per heavy atom. The molecule has 1 aliphatic heterocycles. The van der Waals surface area contributed by atoms with E-state index in [2.05, 4.69) is 42.2 Å². The standard InChI is InChI=1S/C13H10Br2N2O2/c14-9-1-2-12(17-6-9)16-5-8-3-10(15)13-11(4-8)18-7-19-13/h1-4,6H,5,7H2,(H,16,17). The minimum absolute atomic E-state index is 0.277. The molecule has 19 heavy (non-hydrogen) atoms. The maximum Gasteiger partial charge on any atom is 0.231 e. The summed E-state index contributed by atoms with van der Waals surface area (Å²) in [6.45, 7) is 0.947. The zero-order valence-electron chi connectivity index (χ0n) is 9.82. The van der Waals surface area contributed by atoms with Crippen molar-refractivity contribution >= 4 is 37.7 Å². The monoisotopic (exact) mass is 384 g/mol. The fraction of sp³-hybridized carbons (Fsp3) is 0.154. The maximum atomic E-state index is 5.39. The third-order valence-corrected chi connectivity index (χ3v) is 3.75. The summed E-state index contributed by atoms with van der Waals surface area (Å²) in [7, 11) is 0. The van der Waals surface area contributed by atoms with Crippen molar-refractivity contribution in [3.8, 4) is 11.5 Å². The lowest BCUT2D eigenvalue weighted by atomic mass is 10.2. The van der Waals surface area contributed by atoms with Crippen molar-refractivity contribution in [2.75, 3.05) is 12.1 Å². The summed E-state index contributed by atoms with van der Waals surface area (Å²) in [5.74, 6) is 2.37. The molecule has 1 N–H and O–H groups in total. The Morgan fingerprint density at radius 3 is 2.89 bits per heavy atom. The Morgan fingerprint density at radius 1 is 1.21 bits per heavy atom. The zero-order chi connectivity index (χ0) is 13.2. The van der Waals surface area contributed by atoms with Gasteiger partial charge in [0.15, 0.2) is 11.5 Å². The van der Waals surface area contributed by atoms with Gasteiger partial charge in [-0.05, 0) is 61.7 Å². The van der Waals surface area contributed by atoms with Gasteiger partial charge in [-0.2, -0.15) is 0 Å². The van der Waals surface area contributed by atoms with Crippen LogP contribution >= 0.6 is 31.9 Å². The van der Waals surface area contributed by atoms with E-state index in [-0.39, 0.29) is 6.79 Å². The number of nitrogens with one attached hydrogen (secondary N) is 1. The van der Waals surface area contributed by atoms with Crippen LogP contribution in [0.2, 0.25) is 0 Å². The van der Waals surface area contributed by atoms with E-state index in [1.807, 2.05) is 24.3 Å². The number of hydrogen-bond donors (Lipinski definition) is 1. The first-order chi connectivity index (χ1) is 9.22. The lowest BCUT2D eigenvalue weighted by Gasteiger charge is -2.07. The summed E-state index contributed by atoms with van der Waals surface area (Å²) < 4.78 is 12.6. The molecule has 6 heteroatoms. The van der Waals surface area contributed by atoms with E-state index >= 15 is 0 Å². The summed E-state index contributed by atoms with van der Waals surface area (Å²) in [6.07, 6.45) is 1.76. The van der Waals surface area contributed by atoms with Crippen molar-refractivity contribution in [3.63, 3.8) is 0 Å². The fourth-order valence-corrected chi connectivity index (χ4v) is 2.63. The van der Waals surface area contributed by atoms with Gasteiger partial charge in [-0.1, -0.05) is 0 Å². The maximum absolute atomic E-state index is 5.39. The number of pyridine rings is 1. The van der Waals surface area contributed by atoms with Crippen molar-refractivity contribution in [3.05, 3.63) is 45.0 Å². The zero-order valence-corrected chi connectivity index (χ0v) is 13.0. The molecule has 0 saturated carbocycles. The molecule has 1 aromatic carbocycles. The number of ether oxygens (including phenoxy) is 2. The lowest BCUT2D eigenvalue weighted by molar-refractivity contribution is 0.173. The molecular weight excluding hydrogens is 376 g/mol. The smallest absolute Gasteiger partial charge is 0.231 e. The van der Waals surface area contributed by atoms with Crippen LogP contribution in [0.5, 0.6) is 11.5 Å². The van der Waals surface area contributed by atoms with Gasteiger partial charge in [0.25, 0.3) is 0 Å². The van der Waals surface area contributed by atoms with Gasteiger partial charge in [-0.15, -0.1) is 0 Å². The number of aromatic nitrogens is 1. The van der Waals surface area contributed by atoms with Gasteiger partial charge in [0.05, 0.1) is 4.47 Å². The number of benzene rings is 1. The Labute approximate surface area is 127 Å². The van der Waals surface area contributed by atoms with Crippen LogP contribution in [0.3, 0.4) is 0 Å². The second-order valence-corrected chi connectivity index (χ2v) is 5.80. The van der Waals surface area contributed by atoms with Crippen LogP contribution in [-0.4, -0.2) is 11.8 Å². The molecule has 0 fully saturated rings. The second kappa shape index (κ2) is 5.38. The first kappa shape index (κ1) is 12.7. The third kappa shape index (κ3) is 2.84. The van der Waals surface area contributed by atoms with Crippen molar-refractivity contribution in [2.45, 2.75) is 6.54 Å². The molecule has 1 aliphatic rings. The highest BCUT2D eigenvalue weighted by molar-refractivity contribution is 9.10. The fourth-order valence-electron chi connectivity index (χ4n) is 1.80. The molecule has 2 aromatic rings. The highest BCUT2D eigenvalue weighted by atomic mass is 79.9. The van der Waals surface area contributed by atoms with Gasteiger partial charge in [0.2, 0.25) is 6.79 Å². The average molecular weight is 386 g/mol. The molecular formula is C13H10Br2N2O2. The number of nitrogens with zero attached hydrogens (tertiary/aromatic N) is 1. The SMILES string of the molecule is Brc1ccc(NCc2cc(Br)c3c(c2)OCO3)nc1. The highest BCUT2D eigenvalue weighted by Crippen LogP contribution is 2.40. The molecule has 3 rings (SSSR count). The van der Waals surface area contributed by atoms with E-state index in [1.165, 1.54) is 0 Å². The highest BCUT2D eigenvalue weighted by Gasteiger charge is 2.17. The minimum Gasteiger partial charge on any atom is -0.454 e. The third-order valence-electron chi connectivity index (χ3n) is 2.69. The summed E-state index contributed by atoms with van der Waals surface area (Å²) in [5.41, 5.74) is 1.10. The van der Waals surface area contributed by atoms with Gasteiger partial charge in [-0.25, -0.2) is 4.98 Å². The first-order valence-electron chi connectivity index (χ1n) is 5.66. The number of hydrogen-bond acceptors (Lipinski definition) is 4. The second-order valence-electron chi connectivity index (χ2n) is 4.03. The molecule has 0 amide bonds. The Hall–Kier alpha value is -1.27. The van der Waals surface area contributed by atoms with E-state index in [1.54, 1.807) is 6.20 Å². The van der Waals surface area contributed by atoms with E-state index < -0.39 is 0 Å². The molecule has 0 atom stereocenters. The molecule has 1 aromatic heterocycles. The summed E-state index contributed by atoms with van der Waals surface area (Å²) in [6, 6.07) is 7.86. The Balaban J connectivity index is 1.73. The van der Waals surface area contributed by atoms with Crippen LogP contribution in [0.25, 0.3) is 0 Å². The molecule has 0 unspecified atom stereocenters. The lowest BCUT2D eigenvalue weighted by Crippen LogP contribution is -2.01. The molecule has 2 heterocycles. The quantitative estimate of drug-likeness (QED) is 0.868. The Kier molecular flexibility index (Phi) is 3.61. The summed E-state index contributed by atoms with van der Waals surface area (Å²) >= 11 is 6.84. The van der Waals surface area contributed by atoms with Gasteiger partial charge in [-0.3, -0.25) is 0 Å². The predicted octanol–water partition coefficient (Wildman–Crippen LogP) is 3.95. The summed E-state index contributed by atoms with van der Waals surface area (Å²) in [5, 5.41) is 3.26. The van der Waals surface area contributed by atoms with Crippen LogP contribution < -0.4 is 14.8 Å². The van der Waals surface area contributed by atoms with Crippen LogP contribution in [0.4, 0.5) is 5.82 Å². The number of rotatable bonds is 3. The van der Waals surface area contributed by atoms with Crippen molar-refractivity contribution in [1.82, 2.24) is 4.98 Å². The van der Waals surface area contributed by atoms with Crippen molar-refractivity contribution in [2.24, 2.45) is 0 Å². The molecule has 0 aliphatic carbocycles. The van der Waals surface area contributed by atoms with Crippen LogP contribution in [0.15, 0.2) is 39.4 Å². The minimum atomic E-state index is 0.277. The molecule has 0 saturated heterocycles. The van der Waals surface area contributed by atoms with Gasteiger partial charge in [0.1, 0.15) is 5.82 Å². The topological polar surface area (TPSA) is 43.4 Å². The van der Waals surface area contributed by atoms with Gasteiger partial charge < -0.3 is 14.8 Å². The molecule has 4 nitrogen and oxygen atoms in total. The predicted molar refractivity (Wildman–Crippen MR) is 79.5 cm³/mol. The van der Waals surface area contributed by atoms with E-state index in [0.29, 0.717) is 6.54 Å². The number of anilines is 1. The van der Waals surface area contributed by atoms with Crippen molar-refractivity contribution < 1.29 is 9.47 Å². The van der Waals surface area contributed by atoms with Gasteiger partial charge >= 0.3 is 0 Å². The molecule has 0 bridgehead atoms. The van der Waals surface area contributed by atoms with E-state index in [9.17, 15) is 0 Å². The number of fused-ring (bicyclic) bond motifs is 1. The summed E-state index contributed by atoms with van der Waals surface area (Å²) in [4.78, 5) is 4.26. The molecule has 0 spiro atoms.